The normalized spacial score (nSPS) is 11.6. The molecule has 0 N–H and O–H groups in total. The Morgan fingerprint density at radius 3 is 1.85 bits per heavy atom. The molecular weight excluding hydrogens is 356 g/mol. The van der Waals surface area contributed by atoms with Gasteiger partial charge in [0.1, 0.15) is 5.75 Å². The van der Waals surface area contributed by atoms with Crippen LogP contribution in [0.1, 0.15) is 75.1 Å². The zero-order valence-corrected chi connectivity index (χ0v) is 16.7. The Kier molecular flexibility index (Phi) is 8.32. The second kappa shape index (κ2) is 9.77. The van der Waals surface area contributed by atoms with Crippen molar-refractivity contribution in [2.45, 2.75) is 58.8 Å². The van der Waals surface area contributed by atoms with Crippen molar-refractivity contribution < 1.29 is 22.3 Å². The van der Waals surface area contributed by atoms with Crippen LogP contribution in [-0.2, 0) is 5.92 Å². The summed E-state index contributed by atoms with van der Waals surface area (Å²) >= 11 is 0. The fourth-order valence-electron chi connectivity index (χ4n) is 2.44. The Labute approximate surface area is 159 Å². The smallest absolute Gasteiger partial charge is 0.270 e. The van der Waals surface area contributed by atoms with E-state index in [1.807, 2.05) is 33.8 Å². The van der Waals surface area contributed by atoms with Crippen LogP contribution in [0.4, 0.5) is 17.6 Å². The van der Waals surface area contributed by atoms with E-state index < -0.39 is 12.3 Å². The van der Waals surface area contributed by atoms with Crippen molar-refractivity contribution in [2.75, 3.05) is 7.11 Å². The minimum absolute atomic E-state index is 0.0445. The number of methoxy groups -OCH3 is 1. The summed E-state index contributed by atoms with van der Waals surface area (Å²) in [5.74, 6) is -1.85. The van der Waals surface area contributed by atoms with Crippen LogP contribution in [0.25, 0.3) is 0 Å². The van der Waals surface area contributed by atoms with E-state index in [2.05, 4.69) is 0 Å². The summed E-state index contributed by atoms with van der Waals surface area (Å²) in [4.78, 5) is 0. The summed E-state index contributed by atoms with van der Waals surface area (Å²) < 4.78 is 55.6. The van der Waals surface area contributed by atoms with E-state index in [1.165, 1.54) is 19.2 Å². The zero-order chi connectivity index (χ0) is 20.8. The SMILES string of the molecule is CC(C)c1cccc(C(C)(F)F)c1.COc1cc(C(C)C)ccc1C(F)F. The Morgan fingerprint density at radius 2 is 1.41 bits per heavy atom. The number of alkyl halides is 4. The predicted octanol–water partition coefficient (Wildman–Crippen LogP) is 7.68. The molecule has 0 aliphatic heterocycles. The lowest BCUT2D eigenvalue weighted by molar-refractivity contribution is 0.0174. The number of rotatable bonds is 5. The first kappa shape index (κ1) is 23.0. The summed E-state index contributed by atoms with van der Waals surface area (Å²) in [6, 6.07) is 11.4. The molecule has 0 unspecified atom stereocenters. The van der Waals surface area contributed by atoms with Gasteiger partial charge in [-0.1, -0.05) is 52.0 Å². The molecule has 5 heteroatoms. The molecule has 2 aromatic carbocycles. The first-order valence-corrected chi connectivity index (χ1v) is 8.91. The van der Waals surface area contributed by atoms with Crippen LogP contribution < -0.4 is 4.74 Å². The molecule has 27 heavy (non-hydrogen) atoms. The van der Waals surface area contributed by atoms with E-state index in [9.17, 15) is 17.6 Å². The van der Waals surface area contributed by atoms with Gasteiger partial charge in [-0.2, -0.15) is 0 Å². The topological polar surface area (TPSA) is 9.23 Å². The molecule has 150 valence electrons. The average Bonchev–Trinajstić information content (AvgIpc) is 2.60. The monoisotopic (exact) mass is 384 g/mol. The number of halogens is 4. The highest BCUT2D eigenvalue weighted by Gasteiger charge is 2.24. The van der Waals surface area contributed by atoms with Crippen molar-refractivity contribution >= 4 is 0 Å². The molecule has 0 radical (unpaired) electrons. The maximum Gasteiger partial charge on any atom is 0.270 e. The van der Waals surface area contributed by atoms with Crippen molar-refractivity contribution in [1.82, 2.24) is 0 Å². The van der Waals surface area contributed by atoms with E-state index in [4.69, 9.17) is 4.74 Å². The second-order valence-corrected chi connectivity index (χ2v) is 7.13. The van der Waals surface area contributed by atoms with Crippen LogP contribution in [0.3, 0.4) is 0 Å². The first-order chi connectivity index (χ1) is 12.5. The molecule has 0 spiro atoms. The molecular formula is C22H28F4O. The highest BCUT2D eigenvalue weighted by molar-refractivity contribution is 5.39. The number of benzene rings is 2. The predicted molar refractivity (Wildman–Crippen MR) is 102 cm³/mol. The van der Waals surface area contributed by atoms with Gasteiger partial charge in [0.05, 0.1) is 12.7 Å². The lowest BCUT2D eigenvalue weighted by atomic mass is 9.99. The largest absolute Gasteiger partial charge is 0.496 e. The van der Waals surface area contributed by atoms with Gasteiger partial charge in [-0.25, -0.2) is 17.6 Å². The zero-order valence-electron chi connectivity index (χ0n) is 16.7. The third-order valence-corrected chi connectivity index (χ3v) is 4.22. The van der Waals surface area contributed by atoms with Gasteiger partial charge in [-0.3, -0.25) is 0 Å². The third-order valence-electron chi connectivity index (χ3n) is 4.22. The molecule has 0 aliphatic carbocycles. The summed E-state index contributed by atoms with van der Waals surface area (Å²) in [6.07, 6.45) is -2.48. The molecule has 0 fully saturated rings. The summed E-state index contributed by atoms with van der Waals surface area (Å²) in [6.45, 7) is 8.93. The van der Waals surface area contributed by atoms with Crippen LogP contribution in [0.5, 0.6) is 5.75 Å². The minimum Gasteiger partial charge on any atom is -0.496 e. The Bertz CT molecular complexity index is 718. The molecule has 0 amide bonds. The fourth-order valence-corrected chi connectivity index (χ4v) is 2.44. The van der Waals surface area contributed by atoms with E-state index in [0.717, 1.165) is 18.1 Å². The first-order valence-electron chi connectivity index (χ1n) is 8.91. The van der Waals surface area contributed by atoms with Crippen molar-refractivity contribution in [3.8, 4) is 5.75 Å². The highest BCUT2D eigenvalue weighted by atomic mass is 19.3. The summed E-state index contributed by atoms with van der Waals surface area (Å²) in [7, 11) is 1.41. The van der Waals surface area contributed by atoms with Crippen LogP contribution in [0, 0.1) is 0 Å². The fraction of sp³-hybridized carbons (Fsp3) is 0.455. The van der Waals surface area contributed by atoms with Crippen molar-refractivity contribution in [1.29, 1.82) is 0 Å². The van der Waals surface area contributed by atoms with E-state index >= 15 is 0 Å². The maximum atomic E-state index is 12.9. The Balaban J connectivity index is 0.000000271. The third kappa shape index (κ3) is 6.89. The lowest BCUT2D eigenvalue weighted by Gasteiger charge is -2.13. The molecule has 0 atom stereocenters. The quantitative estimate of drug-likeness (QED) is 0.480. The lowest BCUT2D eigenvalue weighted by Crippen LogP contribution is -2.07. The van der Waals surface area contributed by atoms with E-state index in [0.29, 0.717) is 11.8 Å². The molecule has 1 nitrogen and oxygen atoms in total. The van der Waals surface area contributed by atoms with Gasteiger partial charge < -0.3 is 4.74 Å². The number of hydrogen-bond acceptors (Lipinski definition) is 1. The minimum atomic E-state index is -2.73. The Morgan fingerprint density at radius 1 is 0.852 bits per heavy atom. The van der Waals surface area contributed by atoms with Crippen LogP contribution in [0.2, 0.25) is 0 Å². The molecule has 0 heterocycles. The molecule has 2 aromatic rings. The van der Waals surface area contributed by atoms with E-state index in [1.54, 1.807) is 24.3 Å². The van der Waals surface area contributed by atoms with Gasteiger partial charge >= 0.3 is 0 Å². The number of hydrogen-bond donors (Lipinski definition) is 0. The summed E-state index contributed by atoms with van der Waals surface area (Å²) in [5, 5.41) is 0. The average molecular weight is 384 g/mol. The van der Waals surface area contributed by atoms with Crippen molar-refractivity contribution in [3.63, 3.8) is 0 Å². The van der Waals surface area contributed by atoms with Gasteiger partial charge in [0.2, 0.25) is 0 Å². The van der Waals surface area contributed by atoms with Crippen LogP contribution >= 0.6 is 0 Å². The molecule has 0 bridgehead atoms. The molecule has 0 aromatic heterocycles. The van der Waals surface area contributed by atoms with Gasteiger partial charge in [-0.15, -0.1) is 0 Å². The van der Waals surface area contributed by atoms with E-state index in [-0.39, 0.29) is 16.9 Å². The molecule has 0 saturated heterocycles. The molecule has 0 aliphatic rings. The number of ether oxygens (including phenoxy) is 1. The molecule has 2 rings (SSSR count). The maximum absolute atomic E-state index is 12.9. The van der Waals surface area contributed by atoms with Crippen molar-refractivity contribution in [2.24, 2.45) is 0 Å². The van der Waals surface area contributed by atoms with Crippen LogP contribution in [0.15, 0.2) is 42.5 Å². The van der Waals surface area contributed by atoms with Crippen LogP contribution in [-0.4, -0.2) is 7.11 Å². The van der Waals surface area contributed by atoms with Gasteiger partial charge in [0.15, 0.2) is 0 Å². The Hall–Kier alpha value is -2.04. The summed E-state index contributed by atoms with van der Waals surface area (Å²) in [5.41, 5.74) is 2.01. The highest BCUT2D eigenvalue weighted by Crippen LogP contribution is 2.31. The van der Waals surface area contributed by atoms with Gasteiger partial charge in [0.25, 0.3) is 12.3 Å². The van der Waals surface area contributed by atoms with Gasteiger partial charge in [-0.05, 0) is 41.2 Å². The van der Waals surface area contributed by atoms with Crippen molar-refractivity contribution in [3.05, 3.63) is 64.7 Å². The second-order valence-electron chi connectivity index (χ2n) is 7.13. The molecule has 0 saturated carbocycles. The van der Waals surface area contributed by atoms with Gasteiger partial charge in [0, 0.05) is 12.5 Å². The standard InChI is InChI=1S/C11H14F2O.C11H14F2/c1-7(2)8-4-5-9(11(12)13)10(6-8)14-3;1-8(2)9-5-4-6-10(7-9)11(3,12)13/h4-7,11H,1-3H3;4-8H,1-3H3.